The molecule has 0 aliphatic carbocycles. The number of anilines is 1. The van der Waals surface area contributed by atoms with Crippen LogP contribution in [0, 0.1) is 13.8 Å². The van der Waals surface area contributed by atoms with Gasteiger partial charge in [0.25, 0.3) is 5.89 Å². The second kappa shape index (κ2) is 3.94. The van der Waals surface area contributed by atoms with Crippen molar-refractivity contribution in [3.8, 4) is 11.5 Å². The summed E-state index contributed by atoms with van der Waals surface area (Å²) >= 11 is 0. The zero-order valence-electron chi connectivity index (χ0n) is 10.4. The molecule has 0 aliphatic heterocycles. The summed E-state index contributed by atoms with van der Waals surface area (Å²) in [4.78, 5) is 11.6. The van der Waals surface area contributed by atoms with Gasteiger partial charge in [0.1, 0.15) is 5.58 Å². The first-order valence-electron chi connectivity index (χ1n) is 5.69. The maximum Gasteiger partial charge on any atom is 0.337 e. The number of hydrogen-bond acceptors (Lipinski definition) is 6. The second-order valence-electron chi connectivity index (χ2n) is 4.38. The summed E-state index contributed by atoms with van der Waals surface area (Å²) < 4.78 is 10.4. The van der Waals surface area contributed by atoms with Gasteiger partial charge < -0.3 is 14.6 Å². The van der Waals surface area contributed by atoms with Crippen LogP contribution in [0.15, 0.2) is 31.8 Å². The average molecular weight is 257 g/mol. The Labute approximate surface area is 107 Å². The molecule has 96 valence electrons. The van der Waals surface area contributed by atoms with E-state index in [1.54, 1.807) is 6.07 Å². The lowest BCUT2D eigenvalue weighted by Crippen LogP contribution is -1.99. The number of aryl methyl sites for hydroxylation is 2. The number of nitrogens with two attached hydrogens (primary N) is 1. The predicted octanol–water partition coefficient (Wildman–Crippen LogP) is 2.04. The van der Waals surface area contributed by atoms with Crippen molar-refractivity contribution in [3.05, 3.63) is 39.7 Å². The van der Waals surface area contributed by atoms with E-state index >= 15 is 0 Å². The van der Waals surface area contributed by atoms with Gasteiger partial charge in [0.05, 0.1) is 5.56 Å². The molecule has 6 nitrogen and oxygen atoms in total. The standard InChI is InChI=1S/C13H11N3O3/c1-6-3-7(2)11-8(12-15-16-13(14)19-12)5-10(17)18-9(11)4-6/h3-5H,1-2H3,(H2,14,16). The molecule has 0 unspecified atom stereocenters. The fourth-order valence-corrected chi connectivity index (χ4v) is 2.19. The quantitative estimate of drug-likeness (QED) is 0.670. The Bertz CT molecular complexity index is 833. The van der Waals surface area contributed by atoms with E-state index in [1.807, 2.05) is 19.9 Å². The molecule has 6 heteroatoms. The van der Waals surface area contributed by atoms with Gasteiger partial charge in [-0.05, 0) is 31.0 Å². The molecule has 2 aromatic heterocycles. The van der Waals surface area contributed by atoms with E-state index in [0.717, 1.165) is 16.5 Å². The van der Waals surface area contributed by atoms with Gasteiger partial charge >= 0.3 is 11.6 Å². The summed E-state index contributed by atoms with van der Waals surface area (Å²) in [6.07, 6.45) is 0. The highest BCUT2D eigenvalue weighted by atomic mass is 16.4. The molecule has 0 saturated carbocycles. The Morgan fingerprint density at radius 3 is 2.58 bits per heavy atom. The van der Waals surface area contributed by atoms with Crippen LogP contribution in [0.3, 0.4) is 0 Å². The molecule has 0 radical (unpaired) electrons. The van der Waals surface area contributed by atoms with Crippen LogP contribution in [0.1, 0.15) is 11.1 Å². The molecule has 2 N–H and O–H groups in total. The molecule has 2 heterocycles. The van der Waals surface area contributed by atoms with Crippen molar-refractivity contribution in [2.24, 2.45) is 0 Å². The molecule has 0 amide bonds. The van der Waals surface area contributed by atoms with Gasteiger partial charge in [0, 0.05) is 11.5 Å². The van der Waals surface area contributed by atoms with Gasteiger partial charge in [-0.15, -0.1) is 5.10 Å². The van der Waals surface area contributed by atoms with Crippen molar-refractivity contribution in [3.63, 3.8) is 0 Å². The Hall–Kier alpha value is -2.63. The molecule has 19 heavy (non-hydrogen) atoms. The maximum atomic E-state index is 11.6. The van der Waals surface area contributed by atoms with Gasteiger partial charge in [-0.1, -0.05) is 11.2 Å². The van der Waals surface area contributed by atoms with E-state index in [9.17, 15) is 4.79 Å². The van der Waals surface area contributed by atoms with Crippen molar-refractivity contribution < 1.29 is 8.83 Å². The summed E-state index contributed by atoms with van der Waals surface area (Å²) in [5.74, 6) is 0.211. The number of rotatable bonds is 1. The summed E-state index contributed by atoms with van der Waals surface area (Å²) in [6, 6.07) is 5.08. The third kappa shape index (κ3) is 1.87. The van der Waals surface area contributed by atoms with E-state index < -0.39 is 5.63 Å². The smallest absolute Gasteiger partial charge is 0.337 e. The highest BCUT2D eigenvalue weighted by molar-refractivity contribution is 5.93. The minimum atomic E-state index is -0.468. The predicted molar refractivity (Wildman–Crippen MR) is 69.7 cm³/mol. The second-order valence-corrected chi connectivity index (χ2v) is 4.38. The topological polar surface area (TPSA) is 95.1 Å². The van der Waals surface area contributed by atoms with E-state index in [2.05, 4.69) is 10.2 Å². The summed E-state index contributed by atoms with van der Waals surface area (Å²) in [5.41, 5.74) is 7.96. The lowest BCUT2D eigenvalue weighted by Gasteiger charge is -2.06. The van der Waals surface area contributed by atoms with Crippen molar-refractivity contribution in [1.29, 1.82) is 0 Å². The molecule has 0 spiro atoms. The molecular formula is C13H11N3O3. The van der Waals surface area contributed by atoms with Gasteiger partial charge in [0.2, 0.25) is 0 Å². The molecule has 3 rings (SSSR count). The molecule has 0 atom stereocenters. The minimum absolute atomic E-state index is 0.0406. The Morgan fingerprint density at radius 1 is 1.11 bits per heavy atom. The number of benzene rings is 1. The van der Waals surface area contributed by atoms with Crippen LogP contribution < -0.4 is 11.4 Å². The van der Waals surface area contributed by atoms with Crippen molar-refractivity contribution in [1.82, 2.24) is 10.2 Å². The van der Waals surface area contributed by atoms with Crippen molar-refractivity contribution in [2.75, 3.05) is 5.73 Å². The SMILES string of the molecule is Cc1cc(C)c2c(-c3nnc(N)o3)cc(=O)oc2c1. The number of hydrogen-bond donors (Lipinski definition) is 1. The van der Waals surface area contributed by atoms with Gasteiger partial charge in [-0.2, -0.15) is 0 Å². The third-order valence-electron chi connectivity index (χ3n) is 2.86. The van der Waals surface area contributed by atoms with Gasteiger partial charge in [-0.25, -0.2) is 4.79 Å². The van der Waals surface area contributed by atoms with E-state index in [0.29, 0.717) is 11.1 Å². The molecule has 1 aromatic carbocycles. The first-order chi connectivity index (χ1) is 9.04. The maximum absolute atomic E-state index is 11.6. The van der Waals surface area contributed by atoms with Gasteiger partial charge in [0.15, 0.2) is 0 Å². The average Bonchev–Trinajstić information content (AvgIpc) is 2.73. The molecular weight excluding hydrogens is 246 g/mol. The summed E-state index contributed by atoms with van der Waals surface area (Å²) in [7, 11) is 0. The summed E-state index contributed by atoms with van der Waals surface area (Å²) in [5, 5.41) is 8.20. The molecule has 0 saturated heterocycles. The van der Waals surface area contributed by atoms with Crippen LogP contribution in [0.5, 0.6) is 0 Å². The van der Waals surface area contributed by atoms with Crippen LogP contribution in [-0.2, 0) is 0 Å². The van der Waals surface area contributed by atoms with Crippen LogP contribution in [-0.4, -0.2) is 10.2 Å². The fraction of sp³-hybridized carbons (Fsp3) is 0.154. The van der Waals surface area contributed by atoms with Gasteiger partial charge in [-0.3, -0.25) is 0 Å². The van der Waals surface area contributed by atoms with E-state index in [-0.39, 0.29) is 11.9 Å². The number of aromatic nitrogens is 2. The van der Waals surface area contributed by atoms with Crippen LogP contribution >= 0.6 is 0 Å². The number of fused-ring (bicyclic) bond motifs is 1. The van der Waals surface area contributed by atoms with E-state index in [1.165, 1.54) is 6.07 Å². The highest BCUT2D eigenvalue weighted by Crippen LogP contribution is 2.30. The molecule has 0 aliphatic rings. The number of nitrogen functional groups attached to an aromatic ring is 1. The van der Waals surface area contributed by atoms with Crippen LogP contribution in [0.4, 0.5) is 6.01 Å². The van der Waals surface area contributed by atoms with Crippen molar-refractivity contribution in [2.45, 2.75) is 13.8 Å². The Morgan fingerprint density at radius 2 is 1.89 bits per heavy atom. The normalized spacial score (nSPS) is 11.1. The zero-order chi connectivity index (χ0) is 13.6. The minimum Gasteiger partial charge on any atom is -0.423 e. The first kappa shape index (κ1) is 11.5. The Balaban J connectivity index is 2.44. The lowest BCUT2D eigenvalue weighted by atomic mass is 10.0. The Kier molecular flexibility index (Phi) is 2.38. The monoisotopic (exact) mass is 257 g/mol. The lowest BCUT2D eigenvalue weighted by molar-refractivity contribution is 0.557. The molecule has 3 aromatic rings. The highest BCUT2D eigenvalue weighted by Gasteiger charge is 2.15. The largest absolute Gasteiger partial charge is 0.423 e. The first-order valence-corrected chi connectivity index (χ1v) is 5.69. The third-order valence-corrected chi connectivity index (χ3v) is 2.86. The fourth-order valence-electron chi connectivity index (χ4n) is 2.19. The molecule has 0 fully saturated rings. The van der Waals surface area contributed by atoms with Crippen LogP contribution in [0.2, 0.25) is 0 Å². The van der Waals surface area contributed by atoms with E-state index in [4.69, 9.17) is 14.6 Å². The number of nitrogens with zero attached hydrogens (tertiary/aromatic N) is 2. The summed E-state index contributed by atoms with van der Waals surface area (Å²) in [6.45, 7) is 3.86. The zero-order valence-corrected chi connectivity index (χ0v) is 10.4. The van der Waals surface area contributed by atoms with Crippen molar-refractivity contribution >= 4 is 17.0 Å². The van der Waals surface area contributed by atoms with Crippen LogP contribution in [0.25, 0.3) is 22.4 Å². The molecule has 0 bridgehead atoms.